The van der Waals surface area contributed by atoms with Crippen LogP contribution in [-0.4, -0.2) is 25.9 Å². The van der Waals surface area contributed by atoms with Gasteiger partial charge in [-0.1, -0.05) is 32.6 Å². The molecule has 0 bridgehead atoms. The van der Waals surface area contributed by atoms with Crippen molar-refractivity contribution in [1.82, 2.24) is 20.2 Å². The van der Waals surface area contributed by atoms with E-state index in [9.17, 15) is 0 Å². The standard InChI is InChI=1S/C25H25N5S.C2H6/c1-6-20-18(12-16(4)17(5)14-27-15(2)3)24(30-29-20)22-13-19-21(28-22)9-10-26-25(19)23-8-7-11-31-23;1-2/h6-14,28-29H,4H2,1-3,5H3;1-2H3/b17-14+,18-12+,20-6+;. The molecule has 0 atom stereocenters. The van der Waals surface area contributed by atoms with Crippen LogP contribution in [0.1, 0.15) is 41.5 Å². The molecular formula is C27H31N5S. The molecule has 0 fully saturated rings. The monoisotopic (exact) mass is 457 g/mol. The van der Waals surface area contributed by atoms with Crippen LogP contribution in [0, 0.1) is 0 Å². The fourth-order valence-electron chi connectivity index (χ4n) is 3.32. The average molecular weight is 458 g/mol. The highest BCUT2D eigenvalue weighted by atomic mass is 32.1. The van der Waals surface area contributed by atoms with E-state index in [1.807, 2.05) is 72.1 Å². The van der Waals surface area contributed by atoms with Crippen molar-refractivity contribution in [3.8, 4) is 22.0 Å². The Morgan fingerprint density at radius 3 is 2.61 bits per heavy atom. The summed E-state index contributed by atoms with van der Waals surface area (Å²) < 4.78 is 0. The molecule has 0 saturated heterocycles. The number of allylic oxidation sites excluding steroid dienone is 2. The molecule has 4 aromatic rings. The lowest BCUT2D eigenvalue weighted by molar-refractivity contribution is 1.06. The Bertz CT molecular complexity index is 1430. The molecule has 4 rings (SSSR count). The summed E-state index contributed by atoms with van der Waals surface area (Å²) in [5.74, 6) is 0. The van der Waals surface area contributed by atoms with E-state index in [4.69, 9.17) is 0 Å². The largest absolute Gasteiger partial charge is 0.353 e. The lowest BCUT2D eigenvalue weighted by Gasteiger charge is -1.99. The van der Waals surface area contributed by atoms with E-state index in [0.717, 1.165) is 60.3 Å². The minimum Gasteiger partial charge on any atom is -0.353 e. The number of nitrogens with zero attached hydrogens (tertiary/aromatic N) is 3. The zero-order chi connectivity index (χ0) is 24.0. The van der Waals surface area contributed by atoms with Gasteiger partial charge in [0, 0.05) is 34.2 Å². The van der Waals surface area contributed by atoms with Gasteiger partial charge in [0.25, 0.3) is 0 Å². The van der Waals surface area contributed by atoms with Gasteiger partial charge in [-0.2, -0.15) is 5.10 Å². The second-order valence-electron chi connectivity index (χ2n) is 7.53. The highest BCUT2D eigenvalue weighted by Crippen LogP contribution is 2.31. The third kappa shape index (κ3) is 5.29. The van der Waals surface area contributed by atoms with Gasteiger partial charge in [0.2, 0.25) is 0 Å². The van der Waals surface area contributed by atoms with Crippen molar-refractivity contribution in [2.75, 3.05) is 0 Å². The van der Waals surface area contributed by atoms with Gasteiger partial charge in [0.05, 0.1) is 21.6 Å². The van der Waals surface area contributed by atoms with Crippen LogP contribution in [0.2, 0.25) is 0 Å². The predicted molar refractivity (Wildman–Crippen MR) is 144 cm³/mol. The lowest BCUT2D eigenvalue weighted by atomic mass is 10.1. The van der Waals surface area contributed by atoms with E-state index in [0.29, 0.717) is 0 Å². The summed E-state index contributed by atoms with van der Waals surface area (Å²) in [5, 5.41) is 12.9. The SMILES string of the molecule is C=C(/C=c1/c(-c2cc3c(-c4cccs4)nccc3[nH]2)n[nH]/c1=C/C)/C(C)=C/N=C(C)C.CC. The van der Waals surface area contributed by atoms with Crippen LogP contribution in [0.25, 0.3) is 45.0 Å². The van der Waals surface area contributed by atoms with Crippen molar-refractivity contribution < 1.29 is 0 Å². The van der Waals surface area contributed by atoms with Gasteiger partial charge >= 0.3 is 0 Å². The molecule has 170 valence electrons. The van der Waals surface area contributed by atoms with E-state index in [1.165, 1.54) is 0 Å². The minimum atomic E-state index is 0.852. The van der Waals surface area contributed by atoms with Crippen molar-refractivity contribution in [2.45, 2.75) is 41.5 Å². The zero-order valence-corrected chi connectivity index (χ0v) is 21.0. The van der Waals surface area contributed by atoms with Gasteiger partial charge in [-0.25, -0.2) is 0 Å². The number of aliphatic imine (C=N–C) groups is 1. The Kier molecular flexibility index (Phi) is 7.96. The molecule has 0 aliphatic heterocycles. The molecular weight excluding hydrogens is 426 g/mol. The highest BCUT2D eigenvalue weighted by molar-refractivity contribution is 7.13. The van der Waals surface area contributed by atoms with Crippen molar-refractivity contribution >= 4 is 40.1 Å². The Hall–Kier alpha value is -3.51. The third-order valence-electron chi connectivity index (χ3n) is 5.02. The molecule has 4 aromatic heterocycles. The summed E-state index contributed by atoms with van der Waals surface area (Å²) in [7, 11) is 0. The summed E-state index contributed by atoms with van der Waals surface area (Å²) in [4.78, 5) is 13.7. The first-order valence-electron chi connectivity index (χ1n) is 11.1. The first-order chi connectivity index (χ1) is 16.0. The maximum Gasteiger partial charge on any atom is 0.116 e. The van der Waals surface area contributed by atoms with Crippen LogP contribution >= 0.6 is 11.3 Å². The number of nitrogens with one attached hydrogen (secondary N) is 2. The summed E-state index contributed by atoms with van der Waals surface area (Å²) in [6.07, 6.45) is 7.77. The normalized spacial score (nSPS) is 12.6. The number of fused-ring (bicyclic) bond motifs is 1. The van der Waals surface area contributed by atoms with Crippen LogP contribution in [0.5, 0.6) is 0 Å². The Morgan fingerprint density at radius 2 is 1.94 bits per heavy atom. The Morgan fingerprint density at radius 1 is 1.15 bits per heavy atom. The summed E-state index contributed by atoms with van der Waals surface area (Å²) in [6.45, 7) is 16.2. The molecule has 6 heteroatoms. The summed E-state index contributed by atoms with van der Waals surface area (Å²) in [5.41, 5.74) is 6.72. The molecule has 0 aliphatic carbocycles. The number of rotatable bonds is 5. The number of pyridine rings is 1. The number of thiophene rings is 1. The van der Waals surface area contributed by atoms with Crippen LogP contribution < -0.4 is 10.6 Å². The van der Waals surface area contributed by atoms with Crippen molar-refractivity contribution in [2.24, 2.45) is 4.99 Å². The molecule has 0 aromatic carbocycles. The smallest absolute Gasteiger partial charge is 0.116 e. The minimum absolute atomic E-state index is 0.852. The van der Waals surface area contributed by atoms with Crippen LogP contribution in [-0.2, 0) is 0 Å². The van der Waals surface area contributed by atoms with E-state index in [-0.39, 0.29) is 0 Å². The number of aromatic nitrogens is 4. The van der Waals surface area contributed by atoms with Crippen molar-refractivity contribution in [1.29, 1.82) is 0 Å². The second-order valence-corrected chi connectivity index (χ2v) is 8.48. The second kappa shape index (κ2) is 10.9. The molecule has 0 radical (unpaired) electrons. The van der Waals surface area contributed by atoms with E-state index >= 15 is 0 Å². The molecule has 5 nitrogen and oxygen atoms in total. The van der Waals surface area contributed by atoms with Crippen LogP contribution in [0.3, 0.4) is 0 Å². The average Bonchev–Trinajstić information content (AvgIpc) is 3.57. The fraction of sp³-hybridized carbons (Fsp3) is 0.222. The highest BCUT2D eigenvalue weighted by Gasteiger charge is 2.13. The van der Waals surface area contributed by atoms with Crippen molar-refractivity contribution in [3.63, 3.8) is 0 Å². The van der Waals surface area contributed by atoms with Crippen molar-refractivity contribution in [3.05, 3.63) is 70.3 Å². The van der Waals surface area contributed by atoms with Gasteiger partial charge in [-0.3, -0.25) is 15.1 Å². The van der Waals surface area contributed by atoms with E-state index in [2.05, 4.69) is 55.3 Å². The van der Waals surface area contributed by atoms with Gasteiger partial charge in [-0.15, -0.1) is 11.3 Å². The Labute approximate surface area is 199 Å². The van der Waals surface area contributed by atoms with Gasteiger partial charge in [-0.05, 0) is 68.5 Å². The maximum atomic E-state index is 4.62. The summed E-state index contributed by atoms with van der Waals surface area (Å²) >= 11 is 1.69. The molecule has 2 N–H and O–H groups in total. The summed E-state index contributed by atoms with van der Waals surface area (Å²) in [6, 6.07) is 8.26. The quantitative estimate of drug-likeness (QED) is 0.275. The molecule has 33 heavy (non-hydrogen) atoms. The topological polar surface area (TPSA) is 69.7 Å². The van der Waals surface area contributed by atoms with Gasteiger partial charge < -0.3 is 4.98 Å². The predicted octanol–water partition coefficient (Wildman–Crippen LogP) is 6.23. The van der Waals surface area contributed by atoms with Crippen LogP contribution in [0.4, 0.5) is 0 Å². The zero-order valence-electron chi connectivity index (χ0n) is 20.2. The molecule has 0 saturated carbocycles. The fourth-order valence-corrected chi connectivity index (χ4v) is 4.06. The molecule has 0 aliphatic rings. The molecule has 0 spiro atoms. The van der Waals surface area contributed by atoms with Crippen LogP contribution in [0.15, 0.2) is 64.8 Å². The van der Waals surface area contributed by atoms with Gasteiger partial charge in [0.1, 0.15) is 5.69 Å². The number of H-pyrrole nitrogens is 2. The van der Waals surface area contributed by atoms with E-state index in [1.54, 1.807) is 11.3 Å². The molecule has 4 heterocycles. The number of hydrogen-bond donors (Lipinski definition) is 2. The molecule has 0 unspecified atom stereocenters. The number of aromatic amines is 2. The first-order valence-corrected chi connectivity index (χ1v) is 12.0. The van der Waals surface area contributed by atoms with E-state index < -0.39 is 0 Å². The first kappa shape index (κ1) is 24.1. The maximum absolute atomic E-state index is 4.62. The Balaban J connectivity index is 0.00000149. The third-order valence-corrected chi connectivity index (χ3v) is 5.90. The number of hydrogen-bond acceptors (Lipinski definition) is 4. The van der Waals surface area contributed by atoms with Gasteiger partial charge in [0.15, 0.2) is 0 Å². The lowest BCUT2D eigenvalue weighted by Crippen LogP contribution is -2.23. The molecule has 0 amide bonds.